The summed E-state index contributed by atoms with van der Waals surface area (Å²) in [6.45, 7) is 4.60. The SMILES string of the molecule is COc1cc(NC(=O)C2CCC(N3Cc4c(C)cc(CNS(C)(=O)=O)cc4NC3=O)CC2)ccc1C. The van der Waals surface area contributed by atoms with Crippen LogP contribution in [0.25, 0.3) is 0 Å². The van der Waals surface area contributed by atoms with Crippen LogP contribution in [0.3, 0.4) is 0 Å². The zero-order valence-corrected chi connectivity index (χ0v) is 22.0. The Bertz CT molecular complexity index is 1270. The van der Waals surface area contributed by atoms with Gasteiger partial charge in [0.25, 0.3) is 0 Å². The van der Waals surface area contributed by atoms with Crippen LogP contribution in [-0.4, -0.2) is 44.7 Å². The van der Waals surface area contributed by atoms with Crippen LogP contribution in [0, 0.1) is 19.8 Å². The van der Waals surface area contributed by atoms with Gasteiger partial charge < -0.3 is 20.3 Å². The van der Waals surface area contributed by atoms with Crippen molar-refractivity contribution in [3.8, 4) is 5.75 Å². The number of urea groups is 1. The number of fused-ring (bicyclic) bond motifs is 1. The molecular weight excluding hydrogens is 480 g/mol. The number of carbonyl (C=O) groups excluding carboxylic acids is 2. The molecule has 1 fully saturated rings. The molecule has 2 aromatic carbocycles. The van der Waals surface area contributed by atoms with E-state index in [1.54, 1.807) is 7.11 Å². The zero-order valence-electron chi connectivity index (χ0n) is 21.2. The van der Waals surface area contributed by atoms with Gasteiger partial charge in [0.05, 0.1) is 19.9 Å². The first-order valence-corrected chi connectivity index (χ1v) is 14.0. The average Bonchev–Trinajstić information content (AvgIpc) is 2.83. The first kappa shape index (κ1) is 26.0. The zero-order chi connectivity index (χ0) is 26.0. The molecule has 0 saturated heterocycles. The van der Waals surface area contributed by atoms with Crippen LogP contribution in [0.5, 0.6) is 5.75 Å². The van der Waals surface area contributed by atoms with E-state index in [-0.39, 0.29) is 30.4 Å². The van der Waals surface area contributed by atoms with Gasteiger partial charge in [-0.1, -0.05) is 12.1 Å². The molecule has 0 radical (unpaired) electrons. The second kappa shape index (κ2) is 10.5. The third-order valence-corrected chi connectivity index (χ3v) is 7.75. The number of sulfonamides is 1. The van der Waals surface area contributed by atoms with Gasteiger partial charge in [0, 0.05) is 35.9 Å². The van der Waals surface area contributed by atoms with Crippen molar-refractivity contribution in [2.45, 2.75) is 58.7 Å². The minimum atomic E-state index is -3.30. The van der Waals surface area contributed by atoms with E-state index in [9.17, 15) is 18.0 Å². The highest BCUT2D eigenvalue weighted by Crippen LogP contribution is 2.34. The van der Waals surface area contributed by atoms with Gasteiger partial charge in [-0.15, -0.1) is 0 Å². The Morgan fingerprint density at radius 3 is 2.50 bits per heavy atom. The van der Waals surface area contributed by atoms with E-state index in [0.29, 0.717) is 19.4 Å². The monoisotopic (exact) mass is 514 g/mol. The third-order valence-electron chi connectivity index (χ3n) is 7.09. The summed E-state index contributed by atoms with van der Waals surface area (Å²) < 4.78 is 30.7. The number of carbonyl (C=O) groups is 2. The molecule has 3 amide bonds. The number of anilines is 2. The lowest BCUT2D eigenvalue weighted by molar-refractivity contribution is -0.121. The fourth-order valence-electron chi connectivity index (χ4n) is 5.05. The molecule has 0 atom stereocenters. The molecule has 2 aliphatic rings. The van der Waals surface area contributed by atoms with Crippen LogP contribution in [0.15, 0.2) is 30.3 Å². The summed E-state index contributed by atoms with van der Waals surface area (Å²) in [6, 6.07) is 9.32. The third kappa shape index (κ3) is 5.99. The topological polar surface area (TPSA) is 117 Å². The molecule has 4 rings (SSSR count). The highest BCUT2D eigenvalue weighted by molar-refractivity contribution is 7.88. The molecule has 36 heavy (non-hydrogen) atoms. The van der Waals surface area contributed by atoms with Gasteiger partial charge in [0.2, 0.25) is 15.9 Å². The van der Waals surface area contributed by atoms with Gasteiger partial charge in [-0.05, 0) is 73.9 Å². The van der Waals surface area contributed by atoms with Crippen molar-refractivity contribution in [3.63, 3.8) is 0 Å². The lowest BCUT2D eigenvalue weighted by atomic mass is 9.84. The second-order valence-electron chi connectivity index (χ2n) is 9.77. The number of rotatable bonds is 7. The molecule has 0 spiro atoms. The normalized spacial score (nSPS) is 19.9. The summed E-state index contributed by atoms with van der Waals surface area (Å²) in [5, 5.41) is 5.99. The molecule has 0 unspecified atom stereocenters. The van der Waals surface area contributed by atoms with Gasteiger partial charge in [0.15, 0.2) is 0 Å². The molecule has 1 aliphatic heterocycles. The maximum absolute atomic E-state index is 13.0. The Morgan fingerprint density at radius 2 is 1.83 bits per heavy atom. The number of hydrogen-bond donors (Lipinski definition) is 3. The van der Waals surface area contributed by atoms with Crippen LogP contribution in [0.1, 0.15) is 47.9 Å². The summed E-state index contributed by atoms with van der Waals surface area (Å²) in [7, 11) is -1.69. The van der Waals surface area contributed by atoms with Crippen LogP contribution < -0.4 is 20.1 Å². The number of aryl methyl sites for hydroxylation is 2. The quantitative estimate of drug-likeness (QED) is 0.518. The lowest BCUT2D eigenvalue weighted by Gasteiger charge is -2.39. The van der Waals surface area contributed by atoms with Crippen molar-refractivity contribution >= 4 is 33.3 Å². The Labute approximate surface area is 212 Å². The van der Waals surface area contributed by atoms with Crippen molar-refractivity contribution in [1.29, 1.82) is 0 Å². The number of amides is 3. The second-order valence-corrected chi connectivity index (χ2v) is 11.6. The molecule has 3 N–H and O–H groups in total. The van der Waals surface area contributed by atoms with Crippen molar-refractivity contribution in [3.05, 3.63) is 52.6 Å². The van der Waals surface area contributed by atoms with Gasteiger partial charge in [-0.3, -0.25) is 4.79 Å². The van der Waals surface area contributed by atoms with Crippen molar-refractivity contribution in [2.24, 2.45) is 5.92 Å². The number of hydrogen-bond acceptors (Lipinski definition) is 5. The minimum absolute atomic E-state index is 0.00104. The van der Waals surface area contributed by atoms with Gasteiger partial charge in [-0.25, -0.2) is 17.9 Å². The summed E-state index contributed by atoms with van der Waals surface area (Å²) in [4.78, 5) is 27.7. The Kier molecular flexibility index (Phi) is 7.56. The Hall–Kier alpha value is -3.11. The molecule has 0 aromatic heterocycles. The molecule has 1 aliphatic carbocycles. The Balaban J connectivity index is 1.36. The summed E-state index contributed by atoms with van der Waals surface area (Å²) in [6.07, 6.45) is 4.06. The summed E-state index contributed by atoms with van der Waals surface area (Å²) in [5.74, 6) is 0.640. The molecular formula is C26H34N4O5S. The number of methoxy groups -OCH3 is 1. The fourth-order valence-corrected chi connectivity index (χ4v) is 5.47. The fraction of sp³-hybridized carbons (Fsp3) is 0.462. The van der Waals surface area contributed by atoms with Gasteiger partial charge in [0.1, 0.15) is 5.75 Å². The standard InChI is InChI=1S/C26H34N4O5S/c1-16-5-8-20(13-24(16)35-3)28-25(31)19-6-9-21(10-7-19)30-15-22-17(2)11-18(14-27-36(4,33)34)12-23(22)29-26(30)32/h5,8,11-13,19,21,27H,6-7,9-10,14-15H2,1-4H3,(H,28,31)(H,29,32). The van der Waals surface area contributed by atoms with Crippen LogP contribution >= 0.6 is 0 Å². The largest absolute Gasteiger partial charge is 0.496 e. The molecule has 9 nitrogen and oxygen atoms in total. The summed E-state index contributed by atoms with van der Waals surface area (Å²) in [5.41, 5.74) is 5.29. The maximum atomic E-state index is 13.0. The highest BCUT2D eigenvalue weighted by Gasteiger charge is 2.34. The van der Waals surface area contributed by atoms with Gasteiger partial charge in [-0.2, -0.15) is 0 Å². The van der Waals surface area contributed by atoms with Crippen molar-refractivity contribution in [1.82, 2.24) is 9.62 Å². The number of nitrogens with zero attached hydrogens (tertiary/aromatic N) is 1. The molecule has 194 valence electrons. The Morgan fingerprint density at radius 1 is 1.11 bits per heavy atom. The number of ether oxygens (including phenoxy) is 1. The predicted octanol–water partition coefficient (Wildman–Crippen LogP) is 3.91. The van der Waals surface area contributed by atoms with E-state index in [0.717, 1.165) is 58.5 Å². The predicted molar refractivity (Wildman–Crippen MR) is 140 cm³/mol. The minimum Gasteiger partial charge on any atom is -0.496 e. The lowest BCUT2D eigenvalue weighted by Crippen LogP contribution is -2.47. The summed E-state index contributed by atoms with van der Waals surface area (Å²) >= 11 is 0. The van der Waals surface area contributed by atoms with E-state index < -0.39 is 10.0 Å². The number of nitrogens with one attached hydrogen (secondary N) is 3. The van der Waals surface area contributed by atoms with E-state index in [2.05, 4.69) is 15.4 Å². The van der Waals surface area contributed by atoms with Crippen LogP contribution in [0.2, 0.25) is 0 Å². The van der Waals surface area contributed by atoms with E-state index in [1.807, 2.05) is 49.1 Å². The number of benzene rings is 2. The molecule has 10 heteroatoms. The smallest absolute Gasteiger partial charge is 0.322 e. The van der Waals surface area contributed by atoms with Crippen LogP contribution in [-0.2, 0) is 27.9 Å². The van der Waals surface area contributed by atoms with E-state index in [1.165, 1.54) is 0 Å². The molecule has 1 saturated carbocycles. The highest BCUT2D eigenvalue weighted by atomic mass is 32.2. The molecule has 0 bridgehead atoms. The first-order valence-electron chi connectivity index (χ1n) is 12.1. The van der Waals surface area contributed by atoms with E-state index in [4.69, 9.17) is 4.74 Å². The van der Waals surface area contributed by atoms with Crippen molar-refractivity contribution < 1.29 is 22.7 Å². The van der Waals surface area contributed by atoms with Crippen molar-refractivity contribution in [2.75, 3.05) is 24.0 Å². The molecule has 2 aromatic rings. The van der Waals surface area contributed by atoms with Gasteiger partial charge >= 0.3 is 6.03 Å². The van der Waals surface area contributed by atoms with E-state index >= 15 is 0 Å². The van der Waals surface area contributed by atoms with Crippen LogP contribution in [0.4, 0.5) is 16.2 Å². The average molecular weight is 515 g/mol. The molecule has 1 heterocycles. The maximum Gasteiger partial charge on any atom is 0.322 e. The first-order chi connectivity index (χ1) is 17.0.